The van der Waals surface area contributed by atoms with Crippen LogP contribution in [0.25, 0.3) is 49.9 Å². The van der Waals surface area contributed by atoms with Gasteiger partial charge in [0, 0.05) is 50.3 Å². The highest BCUT2D eigenvalue weighted by Gasteiger charge is 2.25. The van der Waals surface area contributed by atoms with E-state index in [9.17, 15) is 0 Å². The van der Waals surface area contributed by atoms with E-state index >= 15 is 0 Å². The maximum absolute atomic E-state index is 4.50. The first-order valence-corrected chi connectivity index (χ1v) is 20.6. The van der Waals surface area contributed by atoms with Crippen LogP contribution in [0.5, 0.6) is 0 Å². The molecule has 2 aromatic heterocycles. The highest BCUT2D eigenvalue weighted by atomic mass is 32.1. The van der Waals surface area contributed by atoms with Crippen molar-refractivity contribution in [2.45, 2.75) is 33.1 Å². The Bertz CT molecular complexity index is 2600. The number of hydrogen-bond donors (Lipinski definition) is 0. The van der Waals surface area contributed by atoms with Crippen LogP contribution in [0.1, 0.15) is 47.8 Å². The van der Waals surface area contributed by atoms with Gasteiger partial charge in [0.25, 0.3) is 0 Å². The molecular weight excluding hydrogens is 721 g/mol. The minimum atomic E-state index is 0.244. The summed E-state index contributed by atoms with van der Waals surface area (Å²) in [6.07, 6.45) is 21.7. The van der Waals surface area contributed by atoms with Crippen molar-refractivity contribution in [3.8, 4) is 32.0 Å². The Labute approximate surface area is 349 Å². The van der Waals surface area contributed by atoms with E-state index in [0.717, 1.165) is 40.3 Å². The maximum Gasteiger partial charge on any atom is 0.0494 e. The summed E-state index contributed by atoms with van der Waals surface area (Å²) >= 11 is 1.84. The molecule has 58 heavy (non-hydrogen) atoms. The van der Waals surface area contributed by atoms with Crippen molar-refractivity contribution in [3.63, 3.8) is 0 Å². The number of allylic oxidation sites excluding steroid dienone is 10. The Morgan fingerprint density at radius 2 is 1.36 bits per heavy atom. The first-order chi connectivity index (χ1) is 28.3. The van der Waals surface area contributed by atoms with Crippen molar-refractivity contribution < 1.29 is 0 Å². The second kappa shape index (κ2) is 18.1. The molecule has 0 radical (unpaired) electrons. The van der Waals surface area contributed by atoms with Gasteiger partial charge in [0.2, 0.25) is 0 Å². The molecule has 0 saturated carbocycles. The Morgan fingerprint density at radius 3 is 1.98 bits per heavy atom. The summed E-state index contributed by atoms with van der Waals surface area (Å²) in [7, 11) is 0. The predicted molar refractivity (Wildman–Crippen MR) is 255 cm³/mol. The first kappa shape index (κ1) is 39.6. The van der Waals surface area contributed by atoms with Gasteiger partial charge in [-0.2, -0.15) is 0 Å². The number of thiophene rings is 1. The van der Waals surface area contributed by atoms with Gasteiger partial charge in [-0.25, -0.2) is 0 Å². The van der Waals surface area contributed by atoms with Gasteiger partial charge < -0.3 is 9.47 Å². The fourth-order valence-electron chi connectivity index (χ4n) is 7.59. The molecule has 0 fully saturated rings. The van der Waals surface area contributed by atoms with Gasteiger partial charge in [-0.05, 0) is 132 Å². The number of benzene rings is 4. The second-order valence-corrected chi connectivity index (χ2v) is 15.6. The van der Waals surface area contributed by atoms with Crippen LogP contribution in [-0.4, -0.2) is 4.57 Å². The number of hydrogen-bond acceptors (Lipinski definition) is 2. The fraction of sp³-hybridized carbons (Fsp3) is 0.0909. The quantitative estimate of drug-likeness (QED) is 0.100. The molecule has 3 heteroatoms. The Morgan fingerprint density at radius 1 is 0.759 bits per heavy atom. The normalized spacial score (nSPS) is 14.2. The van der Waals surface area contributed by atoms with E-state index in [-0.39, 0.29) is 5.92 Å². The highest BCUT2D eigenvalue weighted by Crippen LogP contribution is 2.40. The van der Waals surface area contributed by atoms with Crippen LogP contribution in [0.4, 0.5) is 5.69 Å². The van der Waals surface area contributed by atoms with Crippen molar-refractivity contribution in [2.24, 2.45) is 0 Å². The second-order valence-electron chi connectivity index (χ2n) is 14.5. The van der Waals surface area contributed by atoms with Crippen LogP contribution in [-0.2, 0) is 6.42 Å². The van der Waals surface area contributed by atoms with Crippen LogP contribution in [0.3, 0.4) is 0 Å². The molecule has 6 aromatic rings. The standard InChI is InChI=1S/C55H50N2S/c1-8-17-49(10-3)57-42(7)51(37-40(5)39(4)22-23-41(6)56(36-9-2)50-31-28-44(29-32-50)43-18-13-11-14-19-43)52-38-48(30-33-53(52)57)45-24-26-47(27-25-45)55-35-34-54(58-55)46-20-15-12-16-21-46/h8-37,48H,1,3-4,6,38H2,2,5,7H3/b23-22-,36-9+,40-37+,49-17+. The lowest BCUT2D eigenvalue weighted by molar-refractivity contribution is 0.821. The number of anilines is 1. The largest absolute Gasteiger partial charge is 0.318 e. The van der Waals surface area contributed by atoms with E-state index in [1.807, 2.05) is 60.9 Å². The van der Waals surface area contributed by atoms with Gasteiger partial charge in [0.1, 0.15) is 0 Å². The smallest absolute Gasteiger partial charge is 0.0494 e. The lowest BCUT2D eigenvalue weighted by atomic mass is 9.85. The number of nitrogens with zero attached hydrogens (tertiary/aromatic N) is 2. The van der Waals surface area contributed by atoms with Gasteiger partial charge in [0.05, 0.1) is 0 Å². The maximum atomic E-state index is 4.50. The van der Waals surface area contributed by atoms with E-state index in [1.165, 1.54) is 54.4 Å². The molecule has 4 aromatic carbocycles. The molecule has 0 amide bonds. The Balaban J connectivity index is 1.13. The summed E-state index contributed by atoms with van der Waals surface area (Å²) in [6, 6.07) is 43.2. The topological polar surface area (TPSA) is 8.17 Å². The third-order valence-corrected chi connectivity index (χ3v) is 11.9. The molecule has 286 valence electrons. The molecule has 0 bridgehead atoms. The number of rotatable bonds is 14. The molecule has 0 N–H and O–H groups in total. The minimum absolute atomic E-state index is 0.244. The van der Waals surface area contributed by atoms with Crippen LogP contribution >= 0.6 is 11.3 Å². The minimum Gasteiger partial charge on any atom is -0.318 e. The third kappa shape index (κ3) is 8.51. The van der Waals surface area contributed by atoms with E-state index in [4.69, 9.17) is 0 Å². The molecule has 7 rings (SSSR count). The van der Waals surface area contributed by atoms with Gasteiger partial charge in [-0.1, -0.05) is 148 Å². The molecule has 0 spiro atoms. The van der Waals surface area contributed by atoms with E-state index in [1.54, 1.807) is 0 Å². The number of aromatic nitrogens is 1. The monoisotopic (exact) mass is 770 g/mol. The Hall–Kier alpha value is -6.68. The lowest BCUT2D eigenvalue weighted by Gasteiger charge is -2.21. The lowest BCUT2D eigenvalue weighted by Crippen LogP contribution is -2.12. The third-order valence-electron chi connectivity index (χ3n) is 10.8. The summed E-state index contributed by atoms with van der Waals surface area (Å²) in [5.74, 6) is 0.244. The van der Waals surface area contributed by atoms with Crippen molar-refractivity contribution in [3.05, 3.63) is 241 Å². The van der Waals surface area contributed by atoms with Crippen LogP contribution < -0.4 is 4.90 Å². The van der Waals surface area contributed by atoms with Crippen LogP contribution in [0.15, 0.2) is 213 Å². The molecule has 1 unspecified atom stereocenters. The zero-order chi connectivity index (χ0) is 40.6. The summed E-state index contributed by atoms with van der Waals surface area (Å²) in [5, 5.41) is 0. The average molecular weight is 771 g/mol. The highest BCUT2D eigenvalue weighted by molar-refractivity contribution is 7.18. The zero-order valence-corrected chi connectivity index (χ0v) is 34.6. The van der Waals surface area contributed by atoms with Gasteiger partial charge in [0.15, 0.2) is 0 Å². The SMILES string of the molecule is C=C/C=C(\C=C)n1c(C)c(/C=C(\C)C(=C)/C=C\C(=C)N(/C=C/C)c2ccc(-c3ccccc3)cc2)c2c1C=CC(c1ccc(-c3ccc(-c4ccccc4)s3)cc1)C2. The van der Waals surface area contributed by atoms with Crippen molar-refractivity contribution >= 4 is 34.9 Å². The van der Waals surface area contributed by atoms with Crippen LogP contribution in [0, 0.1) is 6.92 Å². The molecule has 0 saturated heterocycles. The predicted octanol–water partition coefficient (Wildman–Crippen LogP) is 15.5. The summed E-state index contributed by atoms with van der Waals surface area (Å²) in [5.41, 5.74) is 15.9. The number of fused-ring (bicyclic) bond motifs is 1. The average Bonchev–Trinajstić information content (AvgIpc) is 3.87. The van der Waals surface area contributed by atoms with Gasteiger partial charge >= 0.3 is 0 Å². The van der Waals surface area contributed by atoms with Crippen molar-refractivity contribution in [1.29, 1.82) is 0 Å². The van der Waals surface area contributed by atoms with Gasteiger partial charge in [-0.3, -0.25) is 0 Å². The zero-order valence-electron chi connectivity index (χ0n) is 33.7. The fourth-order valence-corrected chi connectivity index (χ4v) is 8.61. The Kier molecular flexibility index (Phi) is 12.3. The van der Waals surface area contributed by atoms with E-state index in [0.29, 0.717) is 0 Å². The molecule has 2 heterocycles. The van der Waals surface area contributed by atoms with Crippen LogP contribution in [0.2, 0.25) is 0 Å². The first-order valence-electron chi connectivity index (χ1n) is 19.7. The van der Waals surface area contributed by atoms with Crippen molar-refractivity contribution in [2.75, 3.05) is 4.90 Å². The molecule has 1 atom stereocenters. The molecule has 0 aliphatic heterocycles. The summed E-state index contributed by atoms with van der Waals surface area (Å²) in [6.45, 7) is 23.4. The van der Waals surface area contributed by atoms with E-state index < -0.39 is 0 Å². The summed E-state index contributed by atoms with van der Waals surface area (Å²) in [4.78, 5) is 4.66. The molecule has 1 aliphatic carbocycles. The summed E-state index contributed by atoms with van der Waals surface area (Å²) < 4.78 is 2.30. The van der Waals surface area contributed by atoms with Gasteiger partial charge in [-0.15, -0.1) is 11.3 Å². The molecule has 2 nitrogen and oxygen atoms in total. The van der Waals surface area contributed by atoms with Crippen molar-refractivity contribution in [1.82, 2.24) is 4.57 Å². The van der Waals surface area contributed by atoms with E-state index in [2.05, 4.69) is 189 Å². The molecule has 1 aliphatic rings. The molecular formula is C55H50N2S.